The molecule has 0 fully saturated rings. The molecule has 0 bridgehead atoms. The molecule has 0 unspecified atom stereocenters. The molecular weight excluding hydrogens is 816 g/mol. The number of para-hydroxylation sites is 2. The number of thiophene rings is 1. The van der Waals surface area contributed by atoms with Crippen molar-refractivity contribution in [3.05, 3.63) is 246 Å². The fraction of sp³-hybridized carbons (Fsp3) is 0.0645. The van der Waals surface area contributed by atoms with Crippen molar-refractivity contribution in [1.82, 2.24) is 0 Å². The number of hydrogen-bond acceptors (Lipinski definition) is 3. The van der Waals surface area contributed by atoms with Crippen LogP contribution in [-0.4, -0.2) is 6.71 Å². The molecule has 10 aromatic rings. The van der Waals surface area contributed by atoms with E-state index in [2.05, 4.69) is 242 Å². The van der Waals surface area contributed by atoms with Crippen LogP contribution in [0.2, 0.25) is 0 Å². The van der Waals surface area contributed by atoms with E-state index in [4.69, 9.17) is 0 Å². The Balaban J connectivity index is 1.08. The second kappa shape index (κ2) is 14.2. The average Bonchev–Trinajstić information content (AvgIpc) is 4.01. The molecule has 0 radical (unpaired) electrons. The summed E-state index contributed by atoms with van der Waals surface area (Å²) in [7, 11) is 0. The number of hydrogen-bond donors (Lipinski definition) is 0. The van der Waals surface area contributed by atoms with E-state index >= 15 is 0 Å². The highest BCUT2D eigenvalue weighted by Crippen LogP contribution is 2.66. The summed E-state index contributed by atoms with van der Waals surface area (Å²) in [4.78, 5) is 6.56. The third-order valence-corrected chi connectivity index (χ3v) is 16.2. The first kappa shape index (κ1) is 37.7. The van der Waals surface area contributed by atoms with Crippen LogP contribution in [0.3, 0.4) is 0 Å². The van der Waals surface area contributed by atoms with Crippen molar-refractivity contribution < 1.29 is 0 Å². The first-order valence-electron chi connectivity index (χ1n) is 23.2. The molecule has 66 heavy (non-hydrogen) atoms. The lowest BCUT2D eigenvalue weighted by atomic mass is 9.36. The number of nitrogens with zero attached hydrogens (tertiary/aromatic N) is 2. The highest BCUT2D eigenvalue weighted by Gasteiger charge is 2.56. The molecule has 1 spiro atoms. The summed E-state index contributed by atoms with van der Waals surface area (Å²) >= 11 is 2.05. The van der Waals surface area contributed by atoms with Gasteiger partial charge in [0, 0.05) is 43.7 Å². The number of anilines is 6. The predicted molar refractivity (Wildman–Crippen MR) is 280 cm³/mol. The lowest BCUT2D eigenvalue weighted by Crippen LogP contribution is -2.60. The van der Waals surface area contributed by atoms with Crippen LogP contribution in [0.5, 0.6) is 0 Å². The van der Waals surface area contributed by atoms with Gasteiger partial charge in [0.2, 0.25) is 0 Å². The fourth-order valence-electron chi connectivity index (χ4n) is 12.1. The summed E-state index contributed by atoms with van der Waals surface area (Å²) in [6, 6.07) is 82.1. The van der Waals surface area contributed by atoms with Gasteiger partial charge in [0.1, 0.15) is 0 Å². The van der Waals surface area contributed by atoms with Gasteiger partial charge in [-0.3, -0.25) is 0 Å². The minimum absolute atomic E-state index is 0.00112. The Morgan fingerprint density at radius 2 is 1.00 bits per heavy atom. The zero-order valence-corrected chi connectivity index (χ0v) is 37.6. The first-order chi connectivity index (χ1) is 32.6. The van der Waals surface area contributed by atoms with Crippen LogP contribution in [0.25, 0.3) is 44.5 Å². The van der Waals surface area contributed by atoms with Crippen molar-refractivity contribution in [3.63, 3.8) is 0 Å². The van der Waals surface area contributed by atoms with Gasteiger partial charge in [0.15, 0.2) is 0 Å². The van der Waals surface area contributed by atoms with E-state index in [1.165, 1.54) is 116 Å². The normalized spacial score (nSPS) is 14.1. The molecule has 2 nitrogen and oxygen atoms in total. The van der Waals surface area contributed by atoms with Crippen LogP contribution in [0, 0.1) is 0 Å². The van der Waals surface area contributed by atoms with Gasteiger partial charge in [-0.15, -0.1) is 11.3 Å². The molecule has 2 aliphatic heterocycles. The van der Waals surface area contributed by atoms with Crippen LogP contribution in [0.1, 0.15) is 46.9 Å². The van der Waals surface area contributed by atoms with Gasteiger partial charge >= 0.3 is 0 Å². The molecule has 4 aliphatic rings. The third-order valence-electron chi connectivity index (χ3n) is 14.8. The van der Waals surface area contributed by atoms with E-state index in [1.807, 2.05) is 11.3 Å². The van der Waals surface area contributed by atoms with Gasteiger partial charge in [0.05, 0.1) is 11.1 Å². The Labute approximate surface area is 390 Å². The lowest BCUT2D eigenvalue weighted by Gasteiger charge is -2.43. The molecule has 0 amide bonds. The molecule has 9 aromatic carbocycles. The maximum Gasteiger partial charge on any atom is 0.264 e. The van der Waals surface area contributed by atoms with Crippen LogP contribution in [-0.2, 0) is 5.41 Å². The number of rotatable bonds is 5. The summed E-state index contributed by atoms with van der Waals surface area (Å²) in [5.74, 6) is 0.421. The van der Waals surface area contributed by atoms with Gasteiger partial charge in [-0.2, -0.15) is 0 Å². The van der Waals surface area contributed by atoms with Crippen LogP contribution in [0.15, 0.2) is 218 Å². The topological polar surface area (TPSA) is 6.48 Å². The quantitative estimate of drug-likeness (QED) is 0.159. The van der Waals surface area contributed by atoms with Crippen LogP contribution < -0.4 is 25.5 Å². The van der Waals surface area contributed by atoms with Crippen LogP contribution >= 0.6 is 11.3 Å². The van der Waals surface area contributed by atoms with Gasteiger partial charge < -0.3 is 9.80 Å². The minimum Gasteiger partial charge on any atom is -0.311 e. The van der Waals surface area contributed by atoms with Gasteiger partial charge in [-0.1, -0.05) is 190 Å². The summed E-state index contributed by atoms with van der Waals surface area (Å²) in [5, 5.41) is 0. The standard InChI is InChI=1S/C62H43BN2S/c1-39(2)41-33-35-45(49(37-41)40-19-6-3-7-20-40)42-34-36-53-56(38-42)64(43-21-8-4-9-22-43)54-31-18-32-55-58(54)63(53)61-59(65(55)44-23-10-5-11-24-44)57-48-27-14-17-30-52(48)62(60(57)66-61)50-28-15-12-25-46(50)47-26-13-16-29-51(47)62/h3-39H,1-2H3. The smallest absolute Gasteiger partial charge is 0.264 e. The Morgan fingerprint density at radius 1 is 0.439 bits per heavy atom. The van der Waals surface area contributed by atoms with Crippen molar-refractivity contribution in [2.45, 2.75) is 25.2 Å². The Kier molecular flexibility index (Phi) is 8.09. The average molecular weight is 859 g/mol. The Morgan fingerprint density at radius 3 is 1.65 bits per heavy atom. The zero-order chi connectivity index (χ0) is 43.7. The maximum atomic E-state index is 2.60. The van der Waals surface area contributed by atoms with E-state index < -0.39 is 5.41 Å². The molecule has 0 atom stereocenters. The van der Waals surface area contributed by atoms with E-state index in [9.17, 15) is 0 Å². The van der Waals surface area contributed by atoms with Gasteiger partial charge in [-0.05, 0) is 121 Å². The van der Waals surface area contributed by atoms with Crippen molar-refractivity contribution in [1.29, 1.82) is 0 Å². The highest BCUT2D eigenvalue weighted by atomic mass is 32.1. The van der Waals surface area contributed by atoms with E-state index in [0.717, 1.165) is 5.69 Å². The number of benzene rings is 9. The molecule has 4 heteroatoms. The summed E-state index contributed by atoms with van der Waals surface area (Å²) < 4.78 is 1.40. The van der Waals surface area contributed by atoms with Crippen molar-refractivity contribution in [2.24, 2.45) is 0 Å². The van der Waals surface area contributed by atoms with E-state index in [0.29, 0.717) is 5.92 Å². The molecule has 14 rings (SSSR count). The summed E-state index contributed by atoms with van der Waals surface area (Å²) in [6.07, 6.45) is 0. The van der Waals surface area contributed by atoms with E-state index in [-0.39, 0.29) is 6.71 Å². The second-order valence-corrected chi connectivity index (χ2v) is 19.5. The lowest BCUT2D eigenvalue weighted by molar-refractivity contribution is 0.811. The number of fused-ring (bicyclic) bond motifs is 15. The molecule has 1 aromatic heterocycles. The minimum atomic E-state index is -0.439. The van der Waals surface area contributed by atoms with E-state index in [1.54, 1.807) is 0 Å². The molecule has 0 N–H and O–H groups in total. The second-order valence-electron chi connectivity index (χ2n) is 18.5. The maximum absolute atomic E-state index is 2.60. The molecular formula is C62H43BN2S. The fourth-order valence-corrected chi connectivity index (χ4v) is 13.7. The highest BCUT2D eigenvalue weighted by molar-refractivity contribution is 7.30. The summed E-state index contributed by atoms with van der Waals surface area (Å²) in [5.41, 5.74) is 25.3. The molecule has 2 aliphatic carbocycles. The SMILES string of the molecule is CC(C)c1ccc(-c2ccc3c(c2)N(c2ccccc2)c2cccc4c2B3c2sc3c(c2N4c2ccccc2)-c2ccccc2C32c3ccccc3-c3ccccc32)c(-c2ccccc2)c1. The monoisotopic (exact) mass is 858 g/mol. The van der Waals surface area contributed by atoms with Crippen molar-refractivity contribution in [2.75, 3.05) is 9.80 Å². The predicted octanol–water partition coefficient (Wildman–Crippen LogP) is 14.6. The van der Waals surface area contributed by atoms with Gasteiger partial charge in [-0.25, -0.2) is 0 Å². The van der Waals surface area contributed by atoms with Crippen molar-refractivity contribution >= 4 is 67.9 Å². The Hall–Kier alpha value is -7.66. The largest absolute Gasteiger partial charge is 0.311 e. The van der Waals surface area contributed by atoms with Gasteiger partial charge in [0.25, 0.3) is 6.71 Å². The first-order valence-corrected chi connectivity index (χ1v) is 24.1. The van der Waals surface area contributed by atoms with Crippen LogP contribution in [0.4, 0.5) is 34.1 Å². The molecule has 310 valence electrons. The van der Waals surface area contributed by atoms with Crippen molar-refractivity contribution in [3.8, 4) is 44.5 Å². The third kappa shape index (κ3) is 5.02. The molecule has 0 saturated heterocycles. The Bertz CT molecular complexity index is 3550. The zero-order valence-electron chi connectivity index (χ0n) is 36.7. The molecule has 0 saturated carbocycles. The molecule has 3 heterocycles. The summed E-state index contributed by atoms with van der Waals surface area (Å²) in [6.45, 7) is 4.57.